The summed E-state index contributed by atoms with van der Waals surface area (Å²) in [5, 5.41) is 9.41. The number of aliphatic hydroxyl groups excluding tert-OH is 1. The number of hydrogen-bond donors (Lipinski definition) is 1. The van der Waals surface area contributed by atoms with Crippen molar-refractivity contribution in [2.24, 2.45) is 0 Å². The molecule has 0 aliphatic carbocycles. The van der Waals surface area contributed by atoms with Crippen LogP contribution in [0.15, 0.2) is 23.8 Å². The van der Waals surface area contributed by atoms with Crippen molar-refractivity contribution in [1.82, 2.24) is 0 Å². The number of cyclic esters (lactones) is 1. The lowest BCUT2D eigenvalue weighted by Crippen LogP contribution is -2.10. The zero-order chi connectivity index (χ0) is 17.6. The molecule has 136 valence electrons. The minimum atomic E-state index is -1.17. The molecule has 0 aromatic heterocycles. The molecule has 1 heterocycles. The SMILES string of the molecule is CCCCCCCCCCC/C=C/C(=O)CCC1=CC(=O)OC1O. The van der Waals surface area contributed by atoms with Crippen molar-refractivity contribution in [2.75, 3.05) is 0 Å². The van der Waals surface area contributed by atoms with E-state index in [1.54, 1.807) is 6.08 Å². The largest absolute Gasteiger partial charge is 0.429 e. The van der Waals surface area contributed by atoms with Gasteiger partial charge < -0.3 is 9.84 Å². The number of esters is 1. The summed E-state index contributed by atoms with van der Waals surface area (Å²) in [4.78, 5) is 22.7. The predicted molar refractivity (Wildman–Crippen MR) is 95.4 cm³/mol. The molecule has 1 aliphatic heterocycles. The molecule has 24 heavy (non-hydrogen) atoms. The summed E-state index contributed by atoms with van der Waals surface area (Å²) in [5.74, 6) is -0.510. The van der Waals surface area contributed by atoms with Gasteiger partial charge >= 0.3 is 5.97 Å². The molecule has 0 aromatic rings. The Morgan fingerprint density at radius 3 is 2.33 bits per heavy atom. The van der Waals surface area contributed by atoms with Gasteiger partial charge in [0.05, 0.1) is 0 Å². The van der Waals surface area contributed by atoms with Gasteiger partial charge in [-0.05, 0) is 25.3 Å². The Bertz CT molecular complexity index is 437. The average molecular weight is 336 g/mol. The van der Waals surface area contributed by atoms with E-state index in [1.165, 1.54) is 57.4 Å². The second-order valence-corrected chi connectivity index (χ2v) is 6.49. The predicted octanol–water partition coefficient (Wildman–Crippen LogP) is 4.61. The molecular weight excluding hydrogens is 304 g/mol. The standard InChI is InChI=1S/C20H32O4/c1-2-3-4-5-6-7-8-9-10-11-12-13-18(21)15-14-17-16-19(22)24-20(17)23/h12-13,16,20,23H,2-11,14-15H2,1H3/b13-12+. The molecule has 4 nitrogen and oxygen atoms in total. The molecular formula is C20H32O4. The van der Waals surface area contributed by atoms with Crippen LogP contribution in [-0.4, -0.2) is 23.1 Å². The summed E-state index contributed by atoms with van der Waals surface area (Å²) < 4.78 is 4.57. The summed E-state index contributed by atoms with van der Waals surface area (Å²) in [5.41, 5.74) is 0.487. The molecule has 1 N–H and O–H groups in total. The lowest BCUT2D eigenvalue weighted by atomic mass is 10.1. The zero-order valence-corrected chi connectivity index (χ0v) is 15.0. The first-order valence-electron chi connectivity index (χ1n) is 9.42. The first kappa shape index (κ1) is 20.6. The van der Waals surface area contributed by atoms with E-state index < -0.39 is 12.3 Å². The molecule has 1 atom stereocenters. The summed E-state index contributed by atoms with van der Waals surface area (Å²) in [6.45, 7) is 2.24. The van der Waals surface area contributed by atoms with Crippen LogP contribution in [0.25, 0.3) is 0 Å². The quantitative estimate of drug-likeness (QED) is 0.286. The van der Waals surface area contributed by atoms with Gasteiger partial charge in [0.15, 0.2) is 5.78 Å². The molecule has 0 aromatic carbocycles. The number of hydrogen-bond acceptors (Lipinski definition) is 4. The Hall–Kier alpha value is -1.42. The number of aliphatic hydroxyl groups is 1. The van der Waals surface area contributed by atoms with Crippen molar-refractivity contribution >= 4 is 11.8 Å². The van der Waals surface area contributed by atoms with E-state index >= 15 is 0 Å². The number of allylic oxidation sites excluding steroid dienone is 2. The fourth-order valence-corrected chi connectivity index (χ4v) is 2.78. The molecule has 1 rings (SSSR count). The second-order valence-electron chi connectivity index (χ2n) is 6.49. The van der Waals surface area contributed by atoms with Gasteiger partial charge in [0.1, 0.15) is 0 Å². The monoisotopic (exact) mass is 336 g/mol. The summed E-state index contributed by atoms with van der Waals surface area (Å²) in [7, 11) is 0. The van der Waals surface area contributed by atoms with Crippen molar-refractivity contribution in [3.05, 3.63) is 23.8 Å². The fraction of sp³-hybridized carbons (Fsp3) is 0.700. The van der Waals surface area contributed by atoms with E-state index in [-0.39, 0.29) is 5.78 Å². The van der Waals surface area contributed by atoms with Crippen molar-refractivity contribution < 1.29 is 19.4 Å². The van der Waals surface area contributed by atoms with E-state index in [0.29, 0.717) is 18.4 Å². The number of carbonyl (C=O) groups is 2. The molecule has 0 spiro atoms. The highest BCUT2D eigenvalue weighted by Gasteiger charge is 2.23. The van der Waals surface area contributed by atoms with Crippen molar-refractivity contribution in [3.63, 3.8) is 0 Å². The fourth-order valence-electron chi connectivity index (χ4n) is 2.78. The highest BCUT2D eigenvalue weighted by atomic mass is 16.6. The molecule has 0 bridgehead atoms. The third-order valence-electron chi connectivity index (χ3n) is 4.29. The first-order valence-corrected chi connectivity index (χ1v) is 9.42. The minimum absolute atomic E-state index is 0.0263. The van der Waals surface area contributed by atoms with Crippen LogP contribution in [0.4, 0.5) is 0 Å². The lowest BCUT2D eigenvalue weighted by Gasteiger charge is -2.05. The molecule has 4 heteroatoms. The third-order valence-corrected chi connectivity index (χ3v) is 4.29. The third kappa shape index (κ3) is 9.66. The summed E-state index contributed by atoms with van der Waals surface area (Å²) in [6.07, 6.45) is 17.0. The first-order chi connectivity index (χ1) is 11.6. The maximum atomic E-state index is 11.7. The number of rotatable bonds is 14. The number of ether oxygens (including phenoxy) is 1. The van der Waals surface area contributed by atoms with E-state index in [9.17, 15) is 14.7 Å². The highest BCUT2D eigenvalue weighted by Crippen LogP contribution is 2.18. The van der Waals surface area contributed by atoms with Crippen molar-refractivity contribution in [2.45, 2.75) is 90.3 Å². The van der Waals surface area contributed by atoms with E-state index in [2.05, 4.69) is 11.7 Å². The molecule has 0 radical (unpaired) electrons. The molecule has 0 saturated heterocycles. The molecule has 0 amide bonds. The van der Waals surface area contributed by atoms with Gasteiger partial charge in [0.2, 0.25) is 6.29 Å². The van der Waals surface area contributed by atoms with Gasteiger partial charge in [-0.1, -0.05) is 64.4 Å². The van der Waals surface area contributed by atoms with Gasteiger partial charge in [0, 0.05) is 18.1 Å². The van der Waals surface area contributed by atoms with Gasteiger partial charge in [-0.25, -0.2) is 4.79 Å². The molecule has 0 saturated carbocycles. The number of ketones is 1. The van der Waals surface area contributed by atoms with E-state index in [1.807, 2.05) is 6.08 Å². The Morgan fingerprint density at radius 1 is 1.12 bits per heavy atom. The van der Waals surface area contributed by atoms with Crippen LogP contribution in [0.2, 0.25) is 0 Å². The number of unbranched alkanes of at least 4 members (excludes halogenated alkanes) is 9. The normalized spacial score (nSPS) is 17.3. The maximum absolute atomic E-state index is 11.7. The topological polar surface area (TPSA) is 63.6 Å². The zero-order valence-electron chi connectivity index (χ0n) is 15.0. The van der Waals surface area contributed by atoms with Crippen LogP contribution in [0, 0.1) is 0 Å². The van der Waals surface area contributed by atoms with Gasteiger partial charge in [-0.15, -0.1) is 0 Å². The highest BCUT2D eigenvalue weighted by molar-refractivity contribution is 5.90. The number of carbonyl (C=O) groups excluding carboxylic acids is 2. The Kier molecular flexibility index (Phi) is 11.1. The van der Waals surface area contributed by atoms with Gasteiger partial charge in [-0.3, -0.25) is 4.79 Å². The van der Waals surface area contributed by atoms with Crippen LogP contribution in [0.5, 0.6) is 0 Å². The van der Waals surface area contributed by atoms with Crippen LogP contribution >= 0.6 is 0 Å². The van der Waals surface area contributed by atoms with E-state index in [4.69, 9.17) is 0 Å². The lowest BCUT2D eigenvalue weighted by molar-refractivity contribution is -0.151. The van der Waals surface area contributed by atoms with Gasteiger partial charge in [-0.2, -0.15) is 0 Å². The molecule has 0 fully saturated rings. The van der Waals surface area contributed by atoms with Crippen molar-refractivity contribution in [1.29, 1.82) is 0 Å². The second kappa shape index (κ2) is 12.9. The summed E-state index contributed by atoms with van der Waals surface area (Å²) in [6, 6.07) is 0. The average Bonchev–Trinajstić information content (AvgIpc) is 2.88. The van der Waals surface area contributed by atoms with Gasteiger partial charge in [0.25, 0.3) is 0 Å². The summed E-state index contributed by atoms with van der Waals surface area (Å²) >= 11 is 0. The molecule has 1 aliphatic rings. The Balaban J connectivity index is 1.96. The van der Waals surface area contributed by atoms with Crippen molar-refractivity contribution in [3.8, 4) is 0 Å². The minimum Gasteiger partial charge on any atom is -0.429 e. The molecule has 1 unspecified atom stereocenters. The van der Waals surface area contributed by atoms with Crippen LogP contribution in [0.1, 0.15) is 84.0 Å². The van der Waals surface area contributed by atoms with Crippen LogP contribution < -0.4 is 0 Å². The maximum Gasteiger partial charge on any atom is 0.333 e. The van der Waals surface area contributed by atoms with Crippen LogP contribution in [0.3, 0.4) is 0 Å². The Labute approximate surface area is 146 Å². The smallest absolute Gasteiger partial charge is 0.333 e. The van der Waals surface area contributed by atoms with Crippen LogP contribution in [-0.2, 0) is 14.3 Å². The Morgan fingerprint density at radius 2 is 1.75 bits per heavy atom. The van der Waals surface area contributed by atoms with E-state index in [0.717, 1.165) is 12.8 Å².